The third kappa shape index (κ3) is 1.00. The lowest BCUT2D eigenvalue weighted by Crippen LogP contribution is -1.92. The molecule has 0 fully saturated rings. The van der Waals surface area contributed by atoms with Crippen LogP contribution in [0.2, 0.25) is 0 Å². The maximum Gasteiger partial charge on any atom is -0.0289 e. The lowest BCUT2D eigenvalue weighted by Gasteiger charge is -2.12. The molecule has 0 heteroatoms. The topological polar surface area (TPSA) is 0 Å². The second-order valence-corrected chi connectivity index (χ2v) is 3.93. The van der Waals surface area contributed by atoms with Gasteiger partial charge >= 0.3 is 0 Å². The van der Waals surface area contributed by atoms with Crippen molar-refractivity contribution in [2.24, 2.45) is 5.92 Å². The fraction of sp³-hybridized carbons (Fsp3) is 0.800. The quantitative estimate of drug-likeness (QED) is 0.448. The van der Waals surface area contributed by atoms with E-state index in [9.17, 15) is 0 Å². The van der Waals surface area contributed by atoms with Crippen molar-refractivity contribution in [3.8, 4) is 0 Å². The van der Waals surface area contributed by atoms with E-state index in [1.54, 1.807) is 0 Å². The van der Waals surface area contributed by atoms with Crippen LogP contribution in [-0.2, 0) is 0 Å². The smallest absolute Gasteiger partial charge is 0.0289 e. The van der Waals surface area contributed by atoms with Crippen LogP contribution >= 0.6 is 0 Å². The Labute approximate surface area is 63.3 Å². The number of allylic oxidation sites excluding steroid dienone is 2. The van der Waals surface area contributed by atoms with E-state index in [0.717, 1.165) is 5.92 Å². The average molecular weight is 136 g/mol. The molecule has 0 aromatic rings. The normalized spacial score (nSPS) is 27.3. The first-order chi connectivity index (χ1) is 4.86. The van der Waals surface area contributed by atoms with Gasteiger partial charge in [-0.15, -0.1) is 0 Å². The molecule has 0 aromatic carbocycles. The van der Waals surface area contributed by atoms with E-state index >= 15 is 0 Å². The van der Waals surface area contributed by atoms with Gasteiger partial charge in [-0.3, -0.25) is 0 Å². The Morgan fingerprint density at radius 2 is 1.50 bits per heavy atom. The first kappa shape index (κ1) is 6.45. The first-order valence-corrected chi connectivity index (χ1v) is 4.56. The largest absolute Gasteiger partial charge is 0.0707 e. The molecule has 0 saturated heterocycles. The van der Waals surface area contributed by atoms with Crippen molar-refractivity contribution in [2.75, 3.05) is 0 Å². The third-order valence-corrected chi connectivity index (χ3v) is 2.90. The molecule has 0 unspecified atom stereocenters. The predicted molar refractivity (Wildman–Crippen MR) is 43.9 cm³/mol. The van der Waals surface area contributed by atoms with E-state index < -0.39 is 0 Å². The summed E-state index contributed by atoms with van der Waals surface area (Å²) in [6.45, 7) is 2.39. The number of rotatable bonds is 0. The summed E-state index contributed by atoms with van der Waals surface area (Å²) in [5.41, 5.74) is 3.66. The number of hydrogen-bond donors (Lipinski definition) is 0. The van der Waals surface area contributed by atoms with Crippen LogP contribution in [0.25, 0.3) is 0 Å². The van der Waals surface area contributed by atoms with Crippen molar-refractivity contribution in [1.29, 1.82) is 0 Å². The van der Waals surface area contributed by atoms with Gasteiger partial charge in [-0.1, -0.05) is 18.1 Å². The fourth-order valence-corrected chi connectivity index (χ4v) is 2.44. The molecule has 0 aromatic heterocycles. The van der Waals surface area contributed by atoms with Crippen molar-refractivity contribution < 1.29 is 0 Å². The molecule has 2 aliphatic rings. The van der Waals surface area contributed by atoms with Crippen LogP contribution < -0.4 is 0 Å². The summed E-state index contributed by atoms with van der Waals surface area (Å²) in [7, 11) is 0. The maximum absolute atomic E-state index is 2.39. The SMILES string of the molecule is CC1CC2=C(CCCC2)C1. The monoisotopic (exact) mass is 136 g/mol. The second-order valence-electron chi connectivity index (χ2n) is 3.93. The maximum atomic E-state index is 2.39. The van der Waals surface area contributed by atoms with Gasteiger partial charge in [0.05, 0.1) is 0 Å². The highest BCUT2D eigenvalue weighted by Gasteiger charge is 2.22. The van der Waals surface area contributed by atoms with Crippen LogP contribution in [0.4, 0.5) is 0 Å². The van der Waals surface area contributed by atoms with E-state index in [2.05, 4.69) is 6.92 Å². The molecule has 10 heavy (non-hydrogen) atoms. The van der Waals surface area contributed by atoms with Gasteiger partial charge in [0.2, 0.25) is 0 Å². The molecule has 0 nitrogen and oxygen atoms in total. The standard InChI is InChI=1S/C10H16/c1-8-6-9-4-2-3-5-10(9)7-8/h8H,2-7H2,1H3. The van der Waals surface area contributed by atoms with Gasteiger partial charge in [0, 0.05) is 0 Å². The summed E-state index contributed by atoms with van der Waals surface area (Å²) in [6.07, 6.45) is 8.64. The van der Waals surface area contributed by atoms with E-state index in [1.165, 1.54) is 38.5 Å². The zero-order chi connectivity index (χ0) is 6.97. The molecular formula is C10H16. The summed E-state index contributed by atoms with van der Waals surface area (Å²) >= 11 is 0. The molecule has 0 radical (unpaired) electrons. The summed E-state index contributed by atoms with van der Waals surface area (Å²) in [4.78, 5) is 0. The Hall–Kier alpha value is -0.260. The highest BCUT2D eigenvalue weighted by molar-refractivity contribution is 5.22. The molecule has 0 heterocycles. The van der Waals surface area contributed by atoms with Gasteiger partial charge in [0.25, 0.3) is 0 Å². The Balaban J connectivity index is 2.13. The van der Waals surface area contributed by atoms with Crippen molar-refractivity contribution in [2.45, 2.75) is 45.4 Å². The highest BCUT2D eigenvalue weighted by Crippen LogP contribution is 2.39. The van der Waals surface area contributed by atoms with Crippen LogP contribution in [0.1, 0.15) is 45.4 Å². The molecule has 0 N–H and O–H groups in total. The van der Waals surface area contributed by atoms with Crippen molar-refractivity contribution >= 4 is 0 Å². The molecule has 0 bridgehead atoms. The van der Waals surface area contributed by atoms with Crippen LogP contribution in [0.3, 0.4) is 0 Å². The van der Waals surface area contributed by atoms with Gasteiger partial charge < -0.3 is 0 Å². The molecule has 0 atom stereocenters. The minimum atomic E-state index is 0.975. The van der Waals surface area contributed by atoms with E-state index in [-0.39, 0.29) is 0 Å². The van der Waals surface area contributed by atoms with Crippen molar-refractivity contribution in [3.05, 3.63) is 11.1 Å². The summed E-state index contributed by atoms with van der Waals surface area (Å²) in [6, 6.07) is 0. The molecular weight excluding hydrogens is 120 g/mol. The molecule has 2 aliphatic carbocycles. The van der Waals surface area contributed by atoms with Crippen LogP contribution in [0.5, 0.6) is 0 Å². The Kier molecular flexibility index (Phi) is 1.55. The van der Waals surface area contributed by atoms with E-state index in [0.29, 0.717) is 0 Å². The Bertz CT molecular complexity index is 147. The molecule has 0 spiro atoms. The van der Waals surface area contributed by atoms with Gasteiger partial charge in [0.1, 0.15) is 0 Å². The minimum absolute atomic E-state index is 0.975. The highest BCUT2D eigenvalue weighted by atomic mass is 14.3. The zero-order valence-electron chi connectivity index (χ0n) is 6.82. The van der Waals surface area contributed by atoms with Crippen molar-refractivity contribution in [3.63, 3.8) is 0 Å². The Morgan fingerprint density at radius 1 is 1.00 bits per heavy atom. The fourth-order valence-electron chi connectivity index (χ4n) is 2.44. The summed E-state index contributed by atoms with van der Waals surface area (Å²) in [5.74, 6) is 0.975. The summed E-state index contributed by atoms with van der Waals surface area (Å²) in [5, 5.41) is 0. The van der Waals surface area contributed by atoms with E-state index in [1.807, 2.05) is 11.1 Å². The molecule has 56 valence electrons. The van der Waals surface area contributed by atoms with E-state index in [4.69, 9.17) is 0 Å². The first-order valence-electron chi connectivity index (χ1n) is 4.56. The summed E-state index contributed by atoms with van der Waals surface area (Å²) < 4.78 is 0. The van der Waals surface area contributed by atoms with Gasteiger partial charge in [0.15, 0.2) is 0 Å². The van der Waals surface area contributed by atoms with Gasteiger partial charge in [-0.2, -0.15) is 0 Å². The lowest BCUT2D eigenvalue weighted by atomic mass is 9.94. The molecule has 2 rings (SSSR count). The van der Waals surface area contributed by atoms with Gasteiger partial charge in [-0.05, 0) is 44.4 Å². The number of hydrogen-bond acceptors (Lipinski definition) is 0. The second kappa shape index (κ2) is 2.41. The zero-order valence-corrected chi connectivity index (χ0v) is 6.82. The third-order valence-electron chi connectivity index (χ3n) is 2.90. The lowest BCUT2D eigenvalue weighted by molar-refractivity contribution is 0.615. The van der Waals surface area contributed by atoms with Crippen LogP contribution in [0.15, 0.2) is 11.1 Å². The average Bonchev–Trinajstić information content (AvgIpc) is 2.27. The molecule has 0 aliphatic heterocycles. The molecule has 0 amide bonds. The van der Waals surface area contributed by atoms with Crippen LogP contribution in [0, 0.1) is 5.92 Å². The molecule has 0 saturated carbocycles. The predicted octanol–water partition coefficient (Wildman–Crippen LogP) is 3.29. The Morgan fingerprint density at radius 3 is 2.00 bits per heavy atom. The van der Waals surface area contributed by atoms with Crippen molar-refractivity contribution in [1.82, 2.24) is 0 Å². The minimum Gasteiger partial charge on any atom is -0.0707 e. The van der Waals surface area contributed by atoms with Crippen LogP contribution in [-0.4, -0.2) is 0 Å². The van der Waals surface area contributed by atoms with Gasteiger partial charge in [-0.25, -0.2) is 0 Å².